The number of hydrogen-bond donors (Lipinski definition) is 0. The van der Waals surface area contributed by atoms with Crippen LogP contribution in [0.1, 0.15) is 39.2 Å². The van der Waals surface area contributed by atoms with Gasteiger partial charge in [-0.15, -0.1) is 0 Å². The van der Waals surface area contributed by atoms with Crippen LogP contribution in [0.3, 0.4) is 0 Å². The van der Waals surface area contributed by atoms with Crippen LogP contribution in [0, 0.1) is 5.92 Å². The van der Waals surface area contributed by atoms with Gasteiger partial charge in [0.2, 0.25) is 0 Å². The molecule has 4 rings (SSSR count). The van der Waals surface area contributed by atoms with Crippen molar-refractivity contribution in [2.24, 2.45) is 5.92 Å². The molecule has 0 amide bonds. The Labute approximate surface area is 125 Å². The molecule has 1 aromatic carbocycles. The Kier molecular flexibility index (Phi) is 3.21. The van der Waals surface area contributed by atoms with E-state index in [0.29, 0.717) is 0 Å². The van der Waals surface area contributed by atoms with Gasteiger partial charge in [0.25, 0.3) is 0 Å². The largest absolute Gasteiger partial charge is 0.497 e. The molecule has 2 unspecified atom stereocenters. The van der Waals surface area contributed by atoms with Gasteiger partial charge in [-0.2, -0.15) is 0 Å². The Morgan fingerprint density at radius 3 is 2.48 bits per heavy atom. The summed E-state index contributed by atoms with van der Waals surface area (Å²) in [5, 5.41) is 0. The lowest BCUT2D eigenvalue weighted by Crippen LogP contribution is -2.60. The summed E-state index contributed by atoms with van der Waals surface area (Å²) in [6.45, 7) is 6.10. The van der Waals surface area contributed by atoms with Gasteiger partial charge < -0.3 is 9.47 Å². The average Bonchev–Trinajstić information content (AvgIpc) is 2.43. The average molecular weight is 286 g/mol. The zero-order chi connectivity index (χ0) is 15.3. The molecule has 21 heavy (non-hydrogen) atoms. The van der Waals surface area contributed by atoms with Gasteiger partial charge in [-0.3, -0.25) is 4.79 Å². The van der Waals surface area contributed by atoms with Crippen LogP contribution in [-0.4, -0.2) is 24.1 Å². The zero-order valence-corrected chi connectivity index (χ0v) is 13.1. The maximum atomic E-state index is 12.7. The molecule has 2 bridgehead atoms. The highest BCUT2D eigenvalue weighted by atomic mass is 16.5. The van der Waals surface area contributed by atoms with Gasteiger partial charge in [0, 0.05) is 11.5 Å². The van der Waals surface area contributed by atoms with E-state index in [1.807, 2.05) is 37.3 Å². The van der Waals surface area contributed by atoms with Crippen molar-refractivity contribution >= 4 is 11.9 Å². The second kappa shape index (κ2) is 4.70. The number of carbonyl (C=O) groups excluding carboxylic acids is 1. The van der Waals surface area contributed by atoms with E-state index < -0.39 is 5.60 Å². The van der Waals surface area contributed by atoms with Gasteiger partial charge in [-0.1, -0.05) is 12.1 Å². The molecule has 1 saturated carbocycles. The van der Waals surface area contributed by atoms with Crippen molar-refractivity contribution in [1.82, 2.24) is 0 Å². The van der Waals surface area contributed by atoms with E-state index in [4.69, 9.17) is 9.47 Å². The molecule has 2 heterocycles. The van der Waals surface area contributed by atoms with Gasteiger partial charge in [0.1, 0.15) is 11.4 Å². The summed E-state index contributed by atoms with van der Waals surface area (Å²) in [7, 11) is 1.65. The van der Waals surface area contributed by atoms with Gasteiger partial charge >= 0.3 is 0 Å². The highest BCUT2D eigenvalue weighted by molar-refractivity contribution is 6.07. The minimum absolute atomic E-state index is 0.147. The highest BCUT2D eigenvalue weighted by Gasteiger charge is 2.56. The molecule has 2 saturated heterocycles. The van der Waals surface area contributed by atoms with Gasteiger partial charge in [0.15, 0.2) is 5.78 Å². The predicted molar refractivity (Wildman–Crippen MR) is 82.3 cm³/mol. The molecule has 3 nitrogen and oxygen atoms in total. The normalized spacial score (nSPS) is 32.5. The van der Waals surface area contributed by atoms with E-state index in [1.165, 1.54) is 0 Å². The van der Waals surface area contributed by atoms with Crippen LogP contribution in [-0.2, 0) is 9.53 Å². The summed E-state index contributed by atoms with van der Waals surface area (Å²) in [5.74, 6) is 1.15. The van der Waals surface area contributed by atoms with E-state index in [9.17, 15) is 4.79 Å². The Morgan fingerprint density at radius 2 is 1.90 bits per heavy atom. The van der Waals surface area contributed by atoms with Crippen molar-refractivity contribution < 1.29 is 14.3 Å². The van der Waals surface area contributed by atoms with Crippen LogP contribution in [0.2, 0.25) is 0 Å². The topological polar surface area (TPSA) is 35.5 Å². The molecular formula is C18H22O3. The van der Waals surface area contributed by atoms with Crippen molar-refractivity contribution in [2.45, 2.75) is 44.8 Å². The smallest absolute Gasteiger partial charge is 0.190 e. The quantitative estimate of drug-likeness (QED) is 0.779. The number of rotatable bonds is 2. The van der Waals surface area contributed by atoms with Crippen LogP contribution in [0.4, 0.5) is 0 Å². The van der Waals surface area contributed by atoms with Crippen LogP contribution in [0.15, 0.2) is 29.8 Å². The summed E-state index contributed by atoms with van der Waals surface area (Å²) >= 11 is 0. The number of ether oxygens (including phenoxy) is 2. The Bertz CT molecular complexity index is 597. The molecule has 112 valence electrons. The van der Waals surface area contributed by atoms with E-state index in [1.54, 1.807) is 7.11 Å². The molecule has 1 aromatic rings. The third kappa shape index (κ3) is 2.30. The Morgan fingerprint density at radius 1 is 1.24 bits per heavy atom. The first-order chi connectivity index (χ1) is 9.86. The third-order valence-corrected chi connectivity index (χ3v) is 4.79. The highest BCUT2D eigenvalue weighted by Crippen LogP contribution is 2.50. The van der Waals surface area contributed by atoms with Crippen LogP contribution in [0.5, 0.6) is 5.75 Å². The van der Waals surface area contributed by atoms with E-state index >= 15 is 0 Å². The number of benzene rings is 1. The first kappa shape index (κ1) is 14.3. The lowest BCUT2D eigenvalue weighted by Gasteiger charge is -2.53. The minimum Gasteiger partial charge on any atom is -0.497 e. The number of carbonyl (C=O) groups is 1. The van der Waals surface area contributed by atoms with Crippen molar-refractivity contribution in [1.29, 1.82) is 0 Å². The molecule has 3 heteroatoms. The number of ketones is 1. The molecule has 0 spiro atoms. The lowest BCUT2D eigenvalue weighted by atomic mass is 9.65. The molecule has 0 aromatic heterocycles. The number of Topliss-reactive ketones (excluding diaryl/α,β-unsaturated/α-hetero) is 1. The molecule has 0 radical (unpaired) electrons. The van der Waals surface area contributed by atoms with Crippen LogP contribution >= 0.6 is 0 Å². The van der Waals surface area contributed by atoms with Gasteiger partial charge in [-0.05, 0) is 57.4 Å². The van der Waals surface area contributed by atoms with Gasteiger partial charge in [0.05, 0.1) is 12.7 Å². The van der Waals surface area contributed by atoms with E-state index in [0.717, 1.165) is 29.7 Å². The molecule has 2 aliphatic heterocycles. The number of methoxy groups -OCH3 is 1. The van der Waals surface area contributed by atoms with Crippen molar-refractivity contribution in [3.05, 3.63) is 35.4 Å². The monoisotopic (exact) mass is 286 g/mol. The van der Waals surface area contributed by atoms with E-state index in [2.05, 4.69) is 13.8 Å². The first-order valence-electron chi connectivity index (χ1n) is 7.46. The van der Waals surface area contributed by atoms with Crippen LogP contribution in [0.25, 0.3) is 6.08 Å². The Hall–Kier alpha value is -1.61. The fraction of sp³-hybridized carbons (Fsp3) is 0.500. The first-order valence-corrected chi connectivity index (χ1v) is 7.46. The summed E-state index contributed by atoms with van der Waals surface area (Å²) in [6.07, 6.45) is 3.85. The molecule has 1 aliphatic carbocycles. The second-order valence-corrected chi connectivity index (χ2v) is 6.73. The maximum Gasteiger partial charge on any atom is 0.190 e. The summed E-state index contributed by atoms with van der Waals surface area (Å²) in [4.78, 5) is 12.7. The summed E-state index contributed by atoms with van der Waals surface area (Å²) < 4.78 is 11.2. The minimum atomic E-state index is -0.656. The Balaban J connectivity index is 1.99. The third-order valence-electron chi connectivity index (χ3n) is 4.79. The fourth-order valence-corrected chi connectivity index (χ4v) is 3.67. The molecule has 3 aliphatic rings. The summed E-state index contributed by atoms with van der Waals surface area (Å²) in [5.41, 5.74) is 1.01. The predicted octanol–water partition coefficient (Wildman–Crippen LogP) is 3.63. The lowest BCUT2D eigenvalue weighted by molar-refractivity contribution is -0.206. The standard InChI is InChI=1S/C18H22O3/c1-17(2)15-9-10-18(3,21-17)16(19)14(15)11-12-5-7-13(20-4)8-6-12/h5-8,11,15H,9-10H2,1-4H3/b14-11+. The molecule has 0 N–H and O–H groups in total. The maximum absolute atomic E-state index is 12.7. The number of hydrogen-bond acceptors (Lipinski definition) is 3. The molecular weight excluding hydrogens is 264 g/mol. The summed E-state index contributed by atoms with van der Waals surface area (Å²) in [6, 6.07) is 7.80. The van der Waals surface area contributed by atoms with Crippen molar-refractivity contribution in [2.75, 3.05) is 7.11 Å². The molecule has 3 fully saturated rings. The number of fused-ring (bicyclic) bond motifs is 3. The second-order valence-electron chi connectivity index (χ2n) is 6.73. The van der Waals surface area contributed by atoms with Gasteiger partial charge in [-0.25, -0.2) is 0 Å². The SMILES string of the molecule is COc1ccc(/C=C2/C(=O)C3(C)CCC2C(C)(C)O3)cc1. The van der Waals surface area contributed by atoms with E-state index in [-0.39, 0.29) is 17.3 Å². The van der Waals surface area contributed by atoms with Crippen molar-refractivity contribution in [3.63, 3.8) is 0 Å². The fourth-order valence-electron chi connectivity index (χ4n) is 3.67. The van der Waals surface area contributed by atoms with Crippen LogP contribution < -0.4 is 4.74 Å². The van der Waals surface area contributed by atoms with Crippen molar-refractivity contribution in [3.8, 4) is 5.75 Å². The zero-order valence-electron chi connectivity index (χ0n) is 13.1. The molecule has 2 atom stereocenters.